The topological polar surface area (TPSA) is 38.0 Å². The van der Waals surface area contributed by atoms with Crippen molar-refractivity contribution in [2.75, 3.05) is 0 Å². The second kappa shape index (κ2) is 10.3. The van der Waals surface area contributed by atoms with Gasteiger partial charge in [-0.05, 0) is 41.8 Å². The van der Waals surface area contributed by atoms with Gasteiger partial charge in [-0.15, -0.1) is 0 Å². The van der Waals surface area contributed by atoms with Crippen molar-refractivity contribution in [1.29, 1.82) is 0 Å². The van der Waals surface area contributed by atoms with Gasteiger partial charge in [0, 0.05) is 29.0 Å². The van der Waals surface area contributed by atoms with Crippen LogP contribution in [0.5, 0.6) is 0 Å². The number of imidazole rings is 1. The second-order valence-electron chi connectivity index (χ2n) is 7.44. The van der Waals surface area contributed by atoms with Crippen LogP contribution >= 0.6 is 23.2 Å². The number of rotatable bonds is 10. The smallest absolute Gasteiger partial charge is 0.173 e. The highest BCUT2D eigenvalue weighted by Gasteiger charge is 2.38. The Morgan fingerprint density at radius 2 is 1.34 bits per heavy atom. The minimum atomic E-state index is -1.39. The quantitative estimate of drug-likeness (QED) is 0.357. The molecule has 0 aliphatic heterocycles. The highest BCUT2D eigenvalue weighted by atomic mass is 35.5. The fraction of sp³-hybridized carbons (Fsp3) is 0.375. The van der Waals surface area contributed by atoms with E-state index >= 15 is 0 Å². The van der Waals surface area contributed by atoms with Crippen molar-refractivity contribution in [3.8, 4) is 0 Å². The zero-order chi connectivity index (χ0) is 20.7. The van der Waals surface area contributed by atoms with Crippen molar-refractivity contribution in [3.05, 3.63) is 87.9 Å². The molecule has 0 atom stereocenters. The number of aryl methyl sites for hydroxylation is 1. The summed E-state index contributed by atoms with van der Waals surface area (Å²) < 4.78 is 2.06. The van der Waals surface area contributed by atoms with Crippen molar-refractivity contribution in [3.63, 3.8) is 0 Å². The van der Waals surface area contributed by atoms with Crippen LogP contribution in [0.1, 0.15) is 62.4 Å². The molecule has 29 heavy (non-hydrogen) atoms. The number of unbranched alkanes of at least 4 members (excludes halogenated alkanes) is 5. The average Bonchev–Trinajstić information content (AvgIpc) is 3.20. The van der Waals surface area contributed by atoms with Crippen LogP contribution in [-0.4, -0.2) is 14.7 Å². The Morgan fingerprint density at radius 3 is 1.90 bits per heavy atom. The molecule has 5 heteroatoms. The molecular weight excluding hydrogens is 403 g/mol. The van der Waals surface area contributed by atoms with Crippen molar-refractivity contribution < 1.29 is 5.11 Å². The molecule has 154 valence electrons. The molecule has 3 rings (SSSR count). The van der Waals surface area contributed by atoms with Crippen LogP contribution in [0.2, 0.25) is 10.0 Å². The van der Waals surface area contributed by atoms with E-state index in [0.717, 1.165) is 24.1 Å². The molecular formula is C24H28Cl2N2O. The van der Waals surface area contributed by atoms with Crippen LogP contribution in [0, 0.1) is 0 Å². The fourth-order valence-electron chi connectivity index (χ4n) is 3.68. The predicted octanol–water partition coefficient (Wildman–Crippen LogP) is 6.83. The van der Waals surface area contributed by atoms with E-state index in [-0.39, 0.29) is 0 Å². The van der Waals surface area contributed by atoms with Gasteiger partial charge < -0.3 is 9.67 Å². The number of nitrogens with zero attached hydrogens (tertiary/aromatic N) is 2. The van der Waals surface area contributed by atoms with Gasteiger partial charge in [0.15, 0.2) is 5.60 Å². The molecule has 3 aromatic rings. The summed E-state index contributed by atoms with van der Waals surface area (Å²) in [4.78, 5) is 4.56. The van der Waals surface area contributed by atoms with Gasteiger partial charge in [0.05, 0.1) is 0 Å². The molecule has 0 aliphatic rings. The van der Waals surface area contributed by atoms with Crippen LogP contribution in [0.25, 0.3) is 0 Å². The summed E-state index contributed by atoms with van der Waals surface area (Å²) >= 11 is 12.2. The lowest BCUT2D eigenvalue weighted by Crippen LogP contribution is -2.32. The molecule has 0 aliphatic carbocycles. The Labute approximate surface area is 183 Å². The van der Waals surface area contributed by atoms with Gasteiger partial charge >= 0.3 is 0 Å². The monoisotopic (exact) mass is 430 g/mol. The van der Waals surface area contributed by atoms with Gasteiger partial charge in [0.2, 0.25) is 0 Å². The van der Waals surface area contributed by atoms with Crippen molar-refractivity contribution in [2.45, 2.75) is 57.6 Å². The Kier molecular flexibility index (Phi) is 7.77. The summed E-state index contributed by atoms with van der Waals surface area (Å²) in [6.45, 7) is 3.05. The first-order chi connectivity index (χ1) is 14.1. The van der Waals surface area contributed by atoms with Gasteiger partial charge in [-0.25, -0.2) is 4.98 Å². The molecule has 0 amide bonds. The Hall–Kier alpha value is -1.81. The summed E-state index contributed by atoms with van der Waals surface area (Å²) in [6, 6.07) is 14.6. The maximum atomic E-state index is 12.0. The molecule has 2 aromatic carbocycles. The summed E-state index contributed by atoms with van der Waals surface area (Å²) in [5.74, 6) is 0.607. The molecule has 1 N–H and O–H groups in total. The van der Waals surface area contributed by atoms with E-state index in [1.54, 1.807) is 30.5 Å². The Bertz CT molecular complexity index is 843. The average molecular weight is 431 g/mol. The molecule has 0 unspecified atom stereocenters. The van der Waals surface area contributed by atoms with E-state index in [0.29, 0.717) is 15.9 Å². The maximum Gasteiger partial charge on any atom is 0.173 e. The minimum absolute atomic E-state index is 0.607. The first kappa shape index (κ1) is 21.9. The molecule has 0 bridgehead atoms. The van der Waals surface area contributed by atoms with E-state index in [2.05, 4.69) is 16.5 Å². The maximum absolute atomic E-state index is 12.0. The minimum Gasteiger partial charge on any atom is -0.373 e. The summed E-state index contributed by atoms with van der Waals surface area (Å²) in [7, 11) is 0. The lowest BCUT2D eigenvalue weighted by atomic mass is 9.85. The Balaban J connectivity index is 1.91. The summed E-state index contributed by atoms with van der Waals surface area (Å²) in [6.07, 6.45) is 11.0. The number of halogens is 2. The van der Waals surface area contributed by atoms with Crippen LogP contribution in [-0.2, 0) is 12.1 Å². The zero-order valence-corrected chi connectivity index (χ0v) is 18.3. The molecule has 0 radical (unpaired) electrons. The van der Waals surface area contributed by atoms with E-state index in [9.17, 15) is 5.11 Å². The highest BCUT2D eigenvalue weighted by Crippen LogP contribution is 2.37. The summed E-state index contributed by atoms with van der Waals surface area (Å²) in [5.41, 5.74) is 0.0557. The van der Waals surface area contributed by atoms with E-state index in [4.69, 9.17) is 23.2 Å². The van der Waals surface area contributed by atoms with E-state index in [1.165, 1.54) is 32.1 Å². The summed E-state index contributed by atoms with van der Waals surface area (Å²) in [5, 5.41) is 13.2. The van der Waals surface area contributed by atoms with Gasteiger partial charge in [0.25, 0.3) is 0 Å². The van der Waals surface area contributed by atoms with Gasteiger partial charge in [-0.2, -0.15) is 0 Å². The van der Waals surface area contributed by atoms with Crippen molar-refractivity contribution in [1.82, 2.24) is 9.55 Å². The Morgan fingerprint density at radius 1 is 0.828 bits per heavy atom. The third-order valence-corrected chi connectivity index (χ3v) is 5.82. The third kappa shape index (κ3) is 5.22. The normalized spacial score (nSPS) is 11.7. The van der Waals surface area contributed by atoms with E-state index in [1.807, 2.05) is 30.5 Å². The predicted molar refractivity (Wildman–Crippen MR) is 121 cm³/mol. The molecule has 0 saturated heterocycles. The molecule has 1 aromatic heterocycles. The van der Waals surface area contributed by atoms with Crippen molar-refractivity contribution in [2.24, 2.45) is 0 Å². The number of hydrogen-bond donors (Lipinski definition) is 1. The third-order valence-electron chi connectivity index (χ3n) is 5.32. The van der Waals surface area contributed by atoms with Gasteiger partial charge in [-0.1, -0.05) is 86.5 Å². The molecule has 0 saturated carbocycles. The SMILES string of the molecule is CCCCCCCCn1ccnc1C(O)(c1ccc(Cl)cc1)c1ccc(Cl)cc1. The van der Waals surface area contributed by atoms with Gasteiger partial charge in [0.1, 0.15) is 5.82 Å². The molecule has 0 spiro atoms. The zero-order valence-electron chi connectivity index (χ0n) is 16.8. The van der Waals surface area contributed by atoms with Crippen LogP contribution < -0.4 is 0 Å². The lowest BCUT2D eigenvalue weighted by molar-refractivity contribution is 0.111. The number of aliphatic hydroxyl groups is 1. The van der Waals surface area contributed by atoms with Crippen LogP contribution in [0.15, 0.2) is 60.9 Å². The van der Waals surface area contributed by atoms with E-state index < -0.39 is 5.60 Å². The molecule has 1 heterocycles. The second-order valence-corrected chi connectivity index (χ2v) is 8.31. The molecule has 0 fully saturated rings. The van der Waals surface area contributed by atoms with Crippen molar-refractivity contribution >= 4 is 23.2 Å². The standard InChI is InChI=1S/C24H28Cl2N2O/c1-2-3-4-5-6-7-17-28-18-16-27-23(28)24(29,19-8-12-21(25)13-9-19)20-10-14-22(26)15-11-20/h8-16,18,29H,2-7,17H2,1H3. The first-order valence-corrected chi connectivity index (χ1v) is 11.1. The van der Waals surface area contributed by atoms with Gasteiger partial charge in [-0.3, -0.25) is 0 Å². The fourth-order valence-corrected chi connectivity index (χ4v) is 3.93. The van der Waals surface area contributed by atoms with Crippen LogP contribution in [0.4, 0.5) is 0 Å². The lowest BCUT2D eigenvalue weighted by Gasteiger charge is -2.29. The number of hydrogen-bond acceptors (Lipinski definition) is 2. The first-order valence-electron chi connectivity index (χ1n) is 10.3. The highest BCUT2D eigenvalue weighted by molar-refractivity contribution is 6.30. The van der Waals surface area contributed by atoms with Crippen LogP contribution in [0.3, 0.4) is 0 Å². The number of aromatic nitrogens is 2. The number of benzene rings is 2. The molecule has 3 nitrogen and oxygen atoms in total. The largest absolute Gasteiger partial charge is 0.373 e.